The van der Waals surface area contributed by atoms with E-state index in [2.05, 4.69) is 20.4 Å². The van der Waals surface area contributed by atoms with Gasteiger partial charge >= 0.3 is 0 Å². The van der Waals surface area contributed by atoms with E-state index in [1.54, 1.807) is 0 Å². The first-order valence-corrected chi connectivity index (χ1v) is 7.79. The van der Waals surface area contributed by atoms with Gasteiger partial charge in [-0.3, -0.25) is 14.6 Å². The van der Waals surface area contributed by atoms with Crippen LogP contribution in [0.1, 0.15) is 26.2 Å². The number of carbonyl (C=O) groups is 1. The number of nitrogens with zero attached hydrogens (tertiary/aromatic N) is 2. The number of nitrogens with one attached hydrogen (secondary N) is 2. The molecular weight excluding hydrogens is 240 g/mol. The number of fused-ring (bicyclic) bond motifs is 1. The summed E-state index contributed by atoms with van der Waals surface area (Å²) in [7, 11) is 0. The molecule has 0 aromatic heterocycles. The monoisotopic (exact) mass is 266 g/mol. The second-order valence-electron chi connectivity index (χ2n) is 5.95. The fourth-order valence-corrected chi connectivity index (χ4v) is 4.09. The van der Waals surface area contributed by atoms with Gasteiger partial charge in [0.05, 0.1) is 0 Å². The minimum absolute atomic E-state index is 0.0271. The average molecular weight is 266 g/mol. The fraction of sp³-hybridized carbons (Fsp3) is 0.929. The predicted molar refractivity (Wildman–Crippen MR) is 75.0 cm³/mol. The van der Waals surface area contributed by atoms with Crippen LogP contribution in [0.25, 0.3) is 0 Å². The molecule has 19 heavy (non-hydrogen) atoms. The van der Waals surface area contributed by atoms with Crippen molar-refractivity contribution in [2.24, 2.45) is 0 Å². The maximum Gasteiger partial charge on any atom is 0.238 e. The largest absolute Gasteiger partial charge is 0.355 e. The molecule has 0 aromatic rings. The van der Waals surface area contributed by atoms with Gasteiger partial charge in [-0.2, -0.15) is 0 Å². The molecule has 108 valence electrons. The number of amides is 1. The normalized spacial score (nSPS) is 36.4. The number of carbonyl (C=O) groups excluding carboxylic acids is 1. The molecule has 3 rings (SSSR count). The molecule has 0 spiro atoms. The molecule has 3 fully saturated rings. The molecule has 0 aromatic carbocycles. The molecule has 0 saturated carbocycles. The van der Waals surface area contributed by atoms with Crippen LogP contribution in [-0.4, -0.2) is 73.1 Å². The smallest absolute Gasteiger partial charge is 0.238 e. The van der Waals surface area contributed by atoms with Crippen LogP contribution in [0.5, 0.6) is 0 Å². The lowest BCUT2D eigenvalue weighted by Crippen LogP contribution is -2.62. The minimum Gasteiger partial charge on any atom is -0.355 e. The molecule has 0 bridgehead atoms. The van der Waals surface area contributed by atoms with Crippen molar-refractivity contribution < 1.29 is 4.79 Å². The van der Waals surface area contributed by atoms with Gasteiger partial charge in [-0.05, 0) is 32.7 Å². The van der Waals surface area contributed by atoms with E-state index >= 15 is 0 Å². The Balaban J connectivity index is 1.71. The van der Waals surface area contributed by atoms with Crippen LogP contribution in [-0.2, 0) is 4.79 Å². The number of hydrogen-bond donors (Lipinski definition) is 2. The Bertz CT molecular complexity index is 335. The van der Waals surface area contributed by atoms with Gasteiger partial charge in [0, 0.05) is 44.8 Å². The van der Waals surface area contributed by atoms with Crippen molar-refractivity contribution in [2.45, 2.75) is 44.3 Å². The van der Waals surface area contributed by atoms with Gasteiger partial charge in [0.25, 0.3) is 0 Å². The summed E-state index contributed by atoms with van der Waals surface area (Å²) in [6.45, 7) is 8.03. The number of rotatable bonds is 3. The standard InChI is InChI=1S/C14H26N4O/c1-2-16-14(19)13-10-15-6-9-18(13)12-5-8-17-7-3-4-11(12)17/h11-13,15H,2-10H2,1H3,(H,16,19). The molecule has 3 aliphatic heterocycles. The van der Waals surface area contributed by atoms with Gasteiger partial charge < -0.3 is 10.6 Å². The first kappa shape index (κ1) is 13.3. The van der Waals surface area contributed by atoms with E-state index in [0.29, 0.717) is 12.1 Å². The molecule has 5 nitrogen and oxygen atoms in total. The quantitative estimate of drug-likeness (QED) is 0.732. The highest BCUT2D eigenvalue weighted by molar-refractivity contribution is 5.82. The van der Waals surface area contributed by atoms with E-state index in [1.165, 1.54) is 32.4 Å². The van der Waals surface area contributed by atoms with Crippen molar-refractivity contribution in [3.8, 4) is 0 Å². The van der Waals surface area contributed by atoms with Gasteiger partial charge in [-0.1, -0.05) is 0 Å². The van der Waals surface area contributed by atoms with Crippen molar-refractivity contribution in [3.05, 3.63) is 0 Å². The summed E-state index contributed by atoms with van der Waals surface area (Å²) in [5.41, 5.74) is 0. The maximum atomic E-state index is 12.3. The van der Waals surface area contributed by atoms with E-state index in [-0.39, 0.29) is 11.9 Å². The highest BCUT2D eigenvalue weighted by Gasteiger charge is 2.44. The first-order valence-electron chi connectivity index (χ1n) is 7.79. The van der Waals surface area contributed by atoms with Gasteiger partial charge in [-0.25, -0.2) is 0 Å². The van der Waals surface area contributed by atoms with Gasteiger partial charge in [-0.15, -0.1) is 0 Å². The van der Waals surface area contributed by atoms with Crippen molar-refractivity contribution in [1.82, 2.24) is 20.4 Å². The molecule has 0 aliphatic carbocycles. The minimum atomic E-state index is 0.0271. The van der Waals surface area contributed by atoms with Crippen LogP contribution in [0, 0.1) is 0 Å². The zero-order valence-electron chi connectivity index (χ0n) is 11.9. The summed E-state index contributed by atoms with van der Waals surface area (Å²) in [5, 5.41) is 6.37. The highest BCUT2D eigenvalue weighted by atomic mass is 16.2. The van der Waals surface area contributed by atoms with E-state index in [4.69, 9.17) is 0 Å². The second-order valence-corrected chi connectivity index (χ2v) is 5.95. The molecule has 3 unspecified atom stereocenters. The third-order valence-electron chi connectivity index (χ3n) is 4.93. The Labute approximate surface area is 115 Å². The lowest BCUT2D eigenvalue weighted by molar-refractivity contribution is -0.128. The van der Waals surface area contributed by atoms with Crippen molar-refractivity contribution >= 4 is 5.91 Å². The van der Waals surface area contributed by atoms with Gasteiger partial charge in [0.15, 0.2) is 0 Å². The van der Waals surface area contributed by atoms with E-state index in [1.807, 2.05) is 6.92 Å². The number of piperazine rings is 1. The van der Waals surface area contributed by atoms with Crippen molar-refractivity contribution in [3.63, 3.8) is 0 Å². The Hall–Kier alpha value is -0.650. The van der Waals surface area contributed by atoms with Gasteiger partial charge in [0.1, 0.15) is 6.04 Å². The Morgan fingerprint density at radius 3 is 3.00 bits per heavy atom. The van der Waals surface area contributed by atoms with Crippen LogP contribution in [0.2, 0.25) is 0 Å². The molecule has 2 N–H and O–H groups in total. The summed E-state index contributed by atoms with van der Waals surface area (Å²) < 4.78 is 0. The molecule has 5 heteroatoms. The zero-order chi connectivity index (χ0) is 13.2. The number of hydrogen-bond acceptors (Lipinski definition) is 4. The third kappa shape index (κ3) is 2.51. The van der Waals surface area contributed by atoms with Gasteiger partial charge in [0.2, 0.25) is 5.91 Å². The summed E-state index contributed by atoms with van der Waals surface area (Å²) in [6.07, 6.45) is 3.89. The van der Waals surface area contributed by atoms with Crippen LogP contribution in [0.15, 0.2) is 0 Å². The Kier molecular flexibility index (Phi) is 4.05. The molecule has 0 radical (unpaired) electrons. The average Bonchev–Trinajstić information content (AvgIpc) is 3.01. The Morgan fingerprint density at radius 2 is 2.16 bits per heavy atom. The maximum absolute atomic E-state index is 12.3. The second kappa shape index (κ2) is 5.77. The first-order chi connectivity index (χ1) is 9.31. The van der Waals surface area contributed by atoms with Crippen LogP contribution in [0.4, 0.5) is 0 Å². The summed E-state index contributed by atoms with van der Waals surface area (Å²) in [5.74, 6) is 0.200. The van der Waals surface area contributed by atoms with E-state index < -0.39 is 0 Å². The van der Waals surface area contributed by atoms with E-state index in [9.17, 15) is 4.79 Å². The lowest BCUT2D eigenvalue weighted by Gasteiger charge is -2.41. The van der Waals surface area contributed by atoms with Crippen molar-refractivity contribution in [2.75, 3.05) is 39.3 Å². The fourth-order valence-electron chi connectivity index (χ4n) is 4.09. The molecule has 3 saturated heterocycles. The Morgan fingerprint density at radius 1 is 1.26 bits per heavy atom. The predicted octanol–water partition coefficient (Wildman–Crippen LogP) is -0.367. The molecule has 3 aliphatic rings. The molecule has 1 amide bonds. The lowest BCUT2D eigenvalue weighted by atomic mass is 10.0. The summed E-state index contributed by atoms with van der Waals surface area (Å²) in [6, 6.07) is 1.33. The van der Waals surface area contributed by atoms with Crippen LogP contribution >= 0.6 is 0 Å². The molecular formula is C14H26N4O. The van der Waals surface area contributed by atoms with E-state index in [0.717, 1.165) is 26.2 Å². The summed E-state index contributed by atoms with van der Waals surface area (Å²) >= 11 is 0. The molecule has 3 atom stereocenters. The molecule has 3 heterocycles. The summed E-state index contributed by atoms with van der Waals surface area (Å²) in [4.78, 5) is 17.4. The zero-order valence-corrected chi connectivity index (χ0v) is 11.9. The van der Waals surface area contributed by atoms with Crippen LogP contribution < -0.4 is 10.6 Å². The SMILES string of the molecule is CCNC(=O)C1CNCCN1C1CCN2CCCC12. The van der Waals surface area contributed by atoms with Crippen molar-refractivity contribution in [1.29, 1.82) is 0 Å². The highest BCUT2D eigenvalue weighted by Crippen LogP contribution is 2.32. The number of likely N-dealkylation sites (N-methyl/N-ethyl adjacent to an activating group) is 1. The third-order valence-corrected chi connectivity index (χ3v) is 4.93. The topological polar surface area (TPSA) is 47.6 Å². The van der Waals surface area contributed by atoms with Crippen LogP contribution in [0.3, 0.4) is 0 Å².